The van der Waals surface area contributed by atoms with Gasteiger partial charge in [-0.2, -0.15) is 9.13 Å². The van der Waals surface area contributed by atoms with Gasteiger partial charge in [-0.1, -0.05) is 66.2 Å². The molecule has 0 aliphatic heterocycles. The molecule has 0 amide bonds. The van der Waals surface area contributed by atoms with Crippen molar-refractivity contribution < 1.29 is 9.13 Å². The van der Waals surface area contributed by atoms with Crippen LogP contribution >= 0.6 is 0 Å². The van der Waals surface area contributed by atoms with Crippen molar-refractivity contribution in [3.63, 3.8) is 0 Å². The molecule has 0 aliphatic rings. The van der Waals surface area contributed by atoms with Crippen LogP contribution in [0.1, 0.15) is 16.7 Å². The highest BCUT2D eigenvalue weighted by Crippen LogP contribution is 2.30. The van der Waals surface area contributed by atoms with Crippen LogP contribution in [0.15, 0.2) is 103 Å². The van der Waals surface area contributed by atoms with E-state index >= 15 is 0 Å². The van der Waals surface area contributed by atoms with E-state index in [9.17, 15) is 0 Å². The van der Waals surface area contributed by atoms with E-state index in [1.165, 1.54) is 61.6 Å². The van der Waals surface area contributed by atoms with Gasteiger partial charge in [-0.05, 0) is 66.3 Å². The molecule has 3 aromatic carbocycles. The standard InChI is InChI=1S/C33H32N2/c1-23-13-15-26(16-14-23)27-17-18-29(25(3)21-27)28-19-20-34(4)33(22-28)32-12-8-11-31(35(32)5)30-10-7-6-9-24(30)2/h6-22H,1-5H3/q+2. The Labute approximate surface area is 208 Å². The van der Waals surface area contributed by atoms with Crippen LogP contribution in [0.2, 0.25) is 0 Å². The Bertz CT molecular complexity index is 1530. The lowest BCUT2D eigenvalue weighted by Gasteiger charge is -2.11. The van der Waals surface area contributed by atoms with Gasteiger partial charge in [0.2, 0.25) is 5.69 Å². The van der Waals surface area contributed by atoms with Crippen molar-refractivity contribution in [3.8, 4) is 44.9 Å². The van der Waals surface area contributed by atoms with E-state index in [4.69, 9.17) is 0 Å². The first kappa shape index (κ1) is 22.7. The normalized spacial score (nSPS) is 11.0. The van der Waals surface area contributed by atoms with Crippen molar-refractivity contribution in [2.24, 2.45) is 14.1 Å². The van der Waals surface area contributed by atoms with Gasteiger partial charge in [-0.3, -0.25) is 0 Å². The summed E-state index contributed by atoms with van der Waals surface area (Å²) in [6.45, 7) is 6.51. The van der Waals surface area contributed by atoms with Gasteiger partial charge >= 0.3 is 0 Å². The van der Waals surface area contributed by atoms with Gasteiger partial charge < -0.3 is 0 Å². The third-order valence-corrected chi connectivity index (χ3v) is 6.99. The highest BCUT2D eigenvalue weighted by Gasteiger charge is 2.24. The summed E-state index contributed by atoms with van der Waals surface area (Å²) in [6, 6.07) is 35.2. The van der Waals surface area contributed by atoms with Gasteiger partial charge in [0.1, 0.15) is 14.1 Å². The summed E-state index contributed by atoms with van der Waals surface area (Å²) in [6.07, 6.45) is 2.17. The van der Waals surface area contributed by atoms with Gasteiger partial charge in [0, 0.05) is 29.8 Å². The minimum atomic E-state index is 1.18. The maximum absolute atomic E-state index is 2.31. The zero-order chi connectivity index (χ0) is 24.5. The van der Waals surface area contributed by atoms with Gasteiger partial charge in [-0.25, -0.2) is 0 Å². The van der Waals surface area contributed by atoms with E-state index in [0.717, 1.165) is 0 Å². The van der Waals surface area contributed by atoms with Crippen LogP contribution < -0.4 is 9.13 Å². The highest BCUT2D eigenvalue weighted by atomic mass is 15.0. The van der Waals surface area contributed by atoms with E-state index in [1.807, 2.05) is 0 Å². The summed E-state index contributed by atoms with van der Waals surface area (Å²) in [5.74, 6) is 0. The van der Waals surface area contributed by atoms with Crippen LogP contribution in [0.5, 0.6) is 0 Å². The second kappa shape index (κ2) is 9.31. The fourth-order valence-corrected chi connectivity index (χ4v) is 4.88. The zero-order valence-electron chi connectivity index (χ0n) is 21.2. The molecule has 0 N–H and O–H groups in total. The number of pyridine rings is 2. The number of aryl methyl sites for hydroxylation is 4. The van der Waals surface area contributed by atoms with E-state index in [-0.39, 0.29) is 0 Å². The summed E-state index contributed by atoms with van der Waals surface area (Å²) in [5, 5.41) is 0. The average Bonchev–Trinajstić information content (AvgIpc) is 2.86. The van der Waals surface area contributed by atoms with Crippen molar-refractivity contribution in [3.05, 3.63) is 120 Å². The van der Waals surface area contributed by atoms with Gasteiger partial charge in [0.25, 0.3) is 11.4 Å². The predicted octanol–water partition coefficient (Wildman–Crippen LogP) is 6.93. The second-order valence-corrected chi connectivity index (χ2v) is 9.48. The minimum Gasteiger partial charge on any atom is -0.196 e. The molecule has 0 unspecified atom stereocenters. The van der Waals surface area contributed by atoms with Crippen molar-refractivity contribution >= 4 is 0 Å². The largest absolute Gasteiger partial charge is 0.277 e. The van der Waals surface area contributed by atoms with Gasteiger partial charge in [0.05, 0.1) is 0 Å². The molecule has 35 heavy (non-hydrogen) atoms. The number of aromatic nitrogens is 2. The van der Waals surface area contributed by atoms with E-state index < -0.39 is 0 Å². The Morgan fingerprint density at radius 1 is 0.486 bits per heavy atom. The third-order valence-electron chi connectivity index (χ3n) is 6.99. The molecule has 0 spiro atoms. The highest BCUT2D eigenvalue weighted by molar-refractivity contribution is 5.75. The smallest absolute Gasteiger partial charge is 0.196 e. The molecule has 2 heteroatoms. The molecule has 0 aliphatic carbocycles. The predicted molar refractivity (Wildman–Crippen MR) is 145 cm³/mol. The fraction of sp³-hybridized carbons (Fsp3) is 0.152. The Morgan fingerprint density at radius 2 is 1.20 bits per heavy atom. The second-order valence-electron chi connectivity index (χ2n) is 9.48. The van der Waals surface area contributed by atoms with Crippen LogP contribution in [-0.4, -0.2) is 0 Å². The summed E-state index contributed by atoms with van der Waals surface area (Å²) >= 11 is 0. The molecule has 2 heterocycles. The Hall–Kier alpha value is -4.04. The fourth-order valence-electron chi connectivity index (χ4n) is 4.88. The van der Waals surface area contributed by atoms with Crippen LogP contribution in [0, 0.1) is 20.8 Å². The molecule has 172 valence electrons. The number of hydrogen-bond donors (Lipinski definition) is 0. The lowest BCUT2D eigenvalue weighted by Crippen LogP contribution is -2.40. The molecular weight excluding hydrogens is 424 g/mol. The van der Waals surface area contributed by atoms with Crippen molar-refractivity contribution in [1.29, 1.82) is 0 Å². The first-order chi connectivity index (χ1) is 16.9. The molecule has 0 fully saturated rings. The molecule has 0 bridgehead atoms. The van der Waals surface area contributed by atoms with Crippen molar-refractivity contribution in [2.75, 3.05) is 0 Å². The molecule has 5 aromatic rings. The summed E-state index contributed by atoms with van der Waals surface area (Å²) in [7, 11) is 4.28. The maximum atomic E-state index is 2.31. The monoisotopic (exact) mass is 456 g/mol. The minimum absolute atomic E-state index is 1.18. The number of hydrogen-bond acceptors (Lipinski definition) is 0. The van der Waals surface area contributed by atoms with Crippen molar-refractivity contribution in [1.82, 2.24) is 0 Å². The molecule has 0 saturated carbocycles. The summed E-state index contributed by atoms with van der Waals surface area (Å²) < 4.78 is 4.51. The van der Waals surface area contributed by atoms with E-state index in [2.05, 4.69) is 147 Å². The molecule has 0 atom stereocenters. The summed E-state index contributed by atoms with van der Waals surface area (Å²) in [4.78, 5) is 0. The molecular formula is C33H32N2+2. The maximum Gasteiger partial charge on any atom is 0.277 e. The molecule has 0 radical (unpaired) electrons. The average molecular weight is 457 g/mol. The molecule has 2 nitrogen and oxygen atoms in total. The first-order valence-corrected chi connectivity index (χ1v) is 12.2. The Kier molecular flexibility index (Phi) is 6.05. The van der Waals surface area contributed by atoms with E-state index in [1.54, 1.807) is 0 Å². The SMILES string of the molecule is Cc1ccc(-c2ccc(-c3cc[n+](C)c(-c4cccc(-c5ccccc5C)[n+]4C)c3)c(C)c2)cc1. The Balaban J connectivity index is 1.57. The van der Waals surface area contributed by atoms with Crippen LogP contribution in [0.4, 0.5) is 0 Å². The molecule has 2 aromatic heterocycles. The molecule has 0 saturated heterocycles. The van der Waals surface area contributed by atoms with Gasteiger partial charge in [0.15, 0.2) is 6.20 Å². The lowest BCUT2D eigenvalue weighted by atomic mass is 9.95. The quantitative estimate of drug-likeness (QED) is 0.259. The van der Waals surface area contributed by atoms with Gasteiger partial charge in [-0.15, -0.1) is 0 Å². The van der Waals surface area contributed by atoms with Crippen LogP contribution in [0.25, 0.3) is 44.9 Å². The lowest BCUT2D eigenvalue weighted by molar-refractivity contribution is -0.685. The number of benzene rings is 3. The zero-order valence-corrected chi connectivity index (χ0v) is 21.2. The van der Waals surface area contributed by atoms with E-state index in [0.29, 0.717) is 0 Å². The summed E-state index contributed by atoms with van der Waals surface area (Å²) in [5.41, 5.74) is 13.7. The Morgan fingerprint density at radius 3 is 1.94 bits per heavy atom. The van der Waals surface area contributed by atoms with Crippen molar-refractivity contribution in [2.45, 2.75) is 20.8 Å². The first-order valence-electron chi connectivity index (χ1n) is 12.2. The third kappa shape index (κ3) is 4.40. The number of nitrogens with zero attached hydrogens (tertiary/aromatic N) is 2. The molecule has 5 rings (SSSR count). The topological polar surface area (TPSA) is 7.76 Å². The van der Waals surface area contributed by atoms with Crippen LogP contribution in [0.3, 0.4) is 0 Å². The van der Waals surface area contributed by atoms with Crippen LogP contribution in [-0.2, 0) is 14.1 Å². The number of rotatable bonds is 4.